The maximum absolute atomic E-state index is 9.62. The molecule has 0 bridgehead atoms. The zero-order valence-corrected chi connectivity index (χ0v) is 7.54. The number of phenols is 1. The molecule has 0 aromatic heterocycles. The van der Waals surface area contributed by atoms with Crippen molar-refractivity contribution in [1.29, 1.82) is 0 Å². The number of para-hydroxylation sites is 1. The first kappa shape index (κ1) is 9.07. The maximum Gasteiger partial charge on any atom is 0.123 e. The summed E-state index contributed by atoms with van der Waals surface area (Å²) >= 11 is 0. The first-order chi connectivity index (χ1) is 5.66. The Balaban J connectivity index is 3.07. The molecule has 1 aromatic rings. The fourth-order valence-corrected chi connectivity index (χ4v) is 1.20. The normalized spacial score (nSPS) is 12.9. The lowest BCUT2D eigenvalue weighted by Gasteiger charge is -2.12. The summed E-state index contributed by atoms with van der Waals surface area (Å²) in [5.74, 6) is 0.340. The lowest BCUT2D eigenvalue weighted by Crippen LogP contribution is -2.08. The SMILES string of the molecule is CC[C@H](N)c1cccc(C)c1O. The van der Waals surface area contributed by atoms with E-state index < -0.39 is 0 Å². The van der Waals surface area contributed by atoms with Crippen molar-refractivity contribution < 1.29 is 5.11 Å². The van der Waals surface area contributed by atoms with Gasteiger partial charge in [0.1, 0.15) is 5.75 Å². The van der Waals surface area contributed by atoms with Gasteiger partial charge < -0.3 is 10.8 Å². The quantitative estimate of drug-likeness (QED) is 0.705. The molecule has 2 nitrogen and oxygen atoms in total. The van der Waals surface area contributed by atoms with E-state index in [4.69, 9.17) is 5.73 Å². The number of nitrogens with two attached hydrogens (primary N) is 1. The molecular formula is C10H15NO. The third-order valence-electron chi connectivity index (χ3n) is 2.11. The number of rotatable bonds is 2. The highest BCUT2D eigenvalue weighted by Gasteiger charge is 2.09. The standard InChI is InChI=1S/C10H15NO/c1-3-9(11)8-6-4-5-7(2)10(8)12/h4-6,9,12H,3,11H2,1-2H3/t9-/m0/s1. The fourth-order valence-electron chi connectivity index (χ4n) is 1.20. The molecule has 1 rings (SSSR count). The Hall–Kier alpha value is -1.02. The van der Waals surface area contributed by atoms with Gasteiger partial charge in [0.25, 0.3) is 0 Å². The first-order valence-corrected chi connectivity index (χ1v) is 4.20. The molecule has 12 heavy (non-hydrogen) atoms. The van der Waals surface area contributed by atoms with Crippen LogP contribution in [0.4, 0.5) is 0 Å². The second kappa shape index (κ2) is 3.59. The monoisotopic (exact) mass is 165 g/mol. The number of hydrogen-bond donors (Lipinski definition) is 2. The van der Waals surface area contributed by atoms with Gasteiger partial charge in [0.05, 0.1) is 0 Å². The molecule has 1 atom stereocenters. The van der Waals surface area contributed by atoms with Crippen LogP contribution < -0.4 is 5.73 Å². The van der Waals surface area contributed by atoms with Gasteiger partial charge in [-0.1, -0.05) is 25.1 Å². The van der Waals surface area contributed by atoms with Crippen molar-refractivity contribution in [3.63, 3.8) is 0 Å². The molecule has 0 aliphatic rings. The van der Waals surface area contributed by atoms with Gasteiger partial charge in [0.15, 0.2) is 0 Å². The molecule has 0 spiro atoms. The number of aromatic hydroxyl groups is 1. The van der Waals surface area contributed by atoms with E-state index in [1.807, 2.05) is 32.0 Å². The van der Waals surface area contributed by atoms with Crippen molar-refractivity contribution in [3.8, 4) is 5.75 Å². The van der Waals surface area contributed by atoms with Gasteiger partial charge in [-0.3, -0.25) is 0 Å². The predicted molar refractivity (Wildman–Crippen MR) is 50.1 cm³/mol. The van der Waals surface area contributed by atoms with Crippen molar-refractivity contribution in [1.82, 2.24) is 0 Å². The van der Waals surface area contributed by atoms with E-state index in [0.717, 1.165) is 17.5 Å². The lowest BCUT2D eigenvalue weighted by atomic mass is 10.0. The van der Waals surface area contributed by atoms with Gasteiger partial charge in [-0.05, 0) is 18.9 Å². The van der Waals surface area contributed by atoms with Gasteiger partial charge in [-0.15, -0.1) is 0 Å². The summed E-state index contributed by atoms with van der Waals surface area (Å²) in [4.78, 5) is 0. The Morgan fingerprint density at radius 1 is 1.50 bits per heavy atom. The van der Waals surface area contributed by atoms with Crippen LogP contribution in [-0.4, -0.2) is 5.11 Å². The van der Waals surface area contributed by atoms with Crippen molar-refractivity contribution >= 4 is 0 Å². The summed E-state index contributed by atoms with van der Waals surface area (Å²) in [6.45, 7) is 3.88. The molecule has 66 valence electrons. The van der Waals surface area contributed by atoms with Crippen LogP contribution in [0, 0.1) is 6.92 Å². The Labute approximate surface area is 73.0 Å². The molecule has 0 aliphatic carbocycles. The van der Waals surface area contributed by atoms with Crippen LogP contribution in [0.5, 0.6) is 5.75 Å². The van der Waals surface area contributed by atoms with Crippen LogP contribution in [0.2, 0.25) is 0 Å². The largest absolute Gasteiger partial charge is 0.507 e. The van der Waals surface area contributed by atoms with Gasteiger partial charge in [0, 0.05) is 11.6 Å². The van der Waals surface area contributed by atoms with Gasteiger partial charge in [0.2, 0.25) is 0 Å². The fraction of sp³-hybridized carbons (Fsp3) is 0.400. The zero-order chi connectivity index (χ0) is 9.14. The Morgan fingerprint density at radius 2 is 2.17 bits per heavy atom. The van der Waals surface area contributed by atoms with Crippen LogP contribution in [0.15, 0.2) is 18.2 Å². The van der Waals surface area contributed by atoms with Crippen molar-refractivity contribution in [3.05, 3.63) is 29.3 Å². The van der Waals surface area contributed by atoms with Crippen LogP contribution >= 0.6 is 0 Å². The van der Waals surface area contributed by atoms with E-state index in [-0.39, 0.29) is 6.04 Å². The van der Waals surface area contributed by atoms with Gasteiger partial charge in [-0.25, -0.2) is 0 Å². The van der Waals surface area contributed by atoms with Crippen LogP contribution in [0.25, 0.3) is 0 Å². The average molecular weight is 165 g/mol. The summed E-state index contributed by atoms with van der Waals surface area (Å²) in [7, 11) is 0. The summed E-state index contributed by atoms with van der Waals surface area (Å²) in [6.07, 6.45) is 0.844. The smallest absolute Gasteiger partial charge is 0.123 e. The molecule has 0 unspecified atom stereocenters. The maximum atomic E-state index is 9.62. The molecule has 0 heterocycles. The van der Waals surface area contributed by atoms with E-state index in [9.17, 15) is 5.11 Å². The minimum atomic E-state index is -0.0510. The Morgan fingerprint density at radius 3 is 2.75 bits per heavy atom. The molecule has 0 fully saturated rings. The molecule has 3 N–H and O–H groups in total. The second-order valence-corrected chi connectivity index (χ2v) is 3.03. The van der Waals surface area contributed by atoms with E-state index in [1.54, 1.807) is 0 Å². The highest BCUT2D eigenvalue weighted by Crippen LogP contribution is 2.27. The second-order valence-electron chi connectivity index (χ2n) is 3.03. The molecular weight excluding hydrogens is 150 g/mol. The van der Waals surface area contributed by atoms with E-state index in [0.29, 0.717) is 5.75 Å². The third-order valence-corrected chi connectivity index (χ3v) is 2.11. The molecule has 1 aromatic carbocycles. The molecule has 0 radical (unpaired) electrons. The van der Waals surface area contributed by atoms with E-state index in [2.05, 4.69) is 0 Å². The van der Waals surface area contributed by atoms with Crippen molar-refractivity contribution in [2.24, 2.45) is 5.73 Å². The first-order valence-electron chi connectivity index (χ1n) is 4.20. The van der Waals surface area contributed by atoms with E-state index in [1.165, 1.54) is 0 Å². The van der Waals surface area contributed by atoms with Crippen LogP contribution in [0.3, 0.4) is 0 Å². The molecule has 0 amide bonds. The zero-order valence-electron chi connectivity index (χ0n) is 7.54. The minimum absolute atomic E-state index is 0.0510. The molecule has 0 saturated heterocycles. The number of aryl methyl sites for hydroxylation is 1. The highest BCUT2D eigenvalue weighted by molar-refractivity contribution is 5.41. The highest BCUT2D eigenvalue weighted by atomic mass is 16.3. The molecule has 0 saturated carbocycles. The minimum Gasteiger partial charge on any atom is -0.507 e. The summed E-state index contributed by atoms with van der Waals surface area (Å²) < 4.78 is 0. The van der Waals surface area contributed by atoms with E-state index >= 15 is 0 Å². The van der Waals surface area contributed by atoms with Crippen LogP contribution in [0.1, 0.15) is 30.5 Å². The molecule has 0 aliphatic heterocycles. The predicted octanol–water partition coefficient (Wildman–Crippen LogP) is 2.11. The summed E-state index contributed by atoms with van der Waals surface area (Å²) in [6, 6.07) is 5.61. The number of benzene rings is 1. The van der Waals surface area contributed by atoms with Gasteiger partial charge >= 0.3 is 0 Å². The topological polar surface area (TPSA) is 46.2 Å². The lowest BCUT2D eigenvalue weighted by molar-refractivity contribution is 0.456. The Bertz CT molecular complexity index is 271. The van der Waals surface area contributed by atoms with Crippen molar-refractivity contribution in [2.75, 3.05) is 0 Å². The average Bonchev–Trinajstić information content (AvgIpc) is 2.08. The number of phenolic OH excluding ortho intramolecular Hbond substituents is 1. The van der Waals surface area contributed by atoms with Crippen LogP contribution in [-0.2, 0) is 0 Å². The third kappa shape index (κ3) is 1.59. The van der Waals surface area contributed by atoms with Crippen molar-refractivity contribution in [2.45, 2.75) is 26.3 Å². The Kier molecular flexibility index (Phi) is 2.71. The van der Waals surface area contributed by atoms with Gasteiger partial charge in [-0.2, -0.15) is 0 Å². The number of hydrogen-bond acceptors (Lipinski definition) is 2. The molecule has 2 heteroatoms. The summed E-state index contributed by atoms with van der Waals surface area (Å²) in [5.41, 5.74) is 7.53. The summed E-state index contributed by atoms with van der Waals surface area (Å²) in [5, 5.41) is 9.62.